The van der Waals surface area contributed by atoms with E-state index in [1.807, 2.05) is 6.92 Å². The minimum absolute atomic E-state index is 0.0793. The third kappa shape index (κ3) is 7.22. The Morgan fingerprint density at radius 1 is 1.33 bits per heavy atom. The Bertz CT molecular complexity index is 556. The molecule has 0 spiro atoms. The molecule has 118 valence electrons. The van der Waals surface area contributed by atoms with Gasteiger partial charge in [-0.15, -0.1) is 0 Å². The third-order valence-corrected chi connectivity index (χ3v) is 4.02. The zero-order chi connectivity index (χ0) is 15.7. The van der Waals surface area contributed by atoms with Crippen LogP contribution >= 0.6 is 0 Å². The highest BCUT2D eigenvalue weighted by atomic mass is 32.2. The molecule has 0 aliphatic carbocycles. The zero-order valence-corrected chi connectivity index (χ0v) is 12.9. The molecule has 0 saturated heterocycles. The van der Waals surface area contributed by atoms with Crippen LogP contribution in [-0.4, -0.2) is 39.3 Å². The van der Waals surface area contributed by atoms with E-state index in [2.05, 4.69) is 4.72 Å². The summed E-state index contributed by atoms with van der Waals surface area (Å²) in [5.41, 5.74) is 0.528. The minimum Gasteiger partial charge on any atom is -0.478 e. The maximum Gasteiger partial charge on any atom is 0.335 e. The summed E-state index contributed by atoms with van der Waals surface area (Å²) in [6, 6.07) is 5.92. The predicted octanol–water partition coefficient (Wildman–Crippen LogP) is 1.62. The van der Waals surface area contributed by atoms with Crippen molar-refractivity contribution in [3.63, 3.8) is 0 Å². The molecule has 0 aromatic heterocycles. The maximum absolute atomic E-state index is 11.9. The van der Waals surface area contributed by atoms with Crippen LogP contribution in [0, 0.1) is 0 Å². The van der Waals surface area contributed by atoms with E-state index in [4.69, 9.17) is 9.84 Å². The van der Waals surface area contributed by atoms with Gasteiger partial charge < -0.3 is 9.84 Å². The molecule has 0 heterocycles. The van der Waals surface area contributed by atoms with Gasteiger partial charge in [0.1, 0.15) is 0 Å². The van der Waals surface area contributed by atoms with Crippen molar-refractivity contribution in [1.29, 1.82) is 0 Å². The van der Waals surface area contributed by atoms with E-state index in [0.29, 0.717) is 31.7 Å². The van der Waals surface area contributed by atoms with Gasteiger partial charge in [-0.25, -0.2) is 17.9 Å². The Balaban J connectivity index is 2.45. The van der Waals surface area contributed by atoms with Crippen LogP contribution in [0.15, 0.2) is 24.3 Å². The Labute approximate surface area is 125 Å². The first-order chi connectivity index (χ1) is 9.94. The molecule has 0 bridgehead atoms. The average molecular weight is 315 g/mol. The van der Waals surface area contributed by atoms with E-state index in [-0.39, 0.29) is 11.3 Å². The summed E-state index contributed by atoms with van der Waals surface area (Å²) in [5, 5.41) is 8.87. The lowest BCUT2D eigenvalue weighted by molar-refractivity contribution is 0.0696. The third-order valence-electron chi connectivity index (χ3n) is 2.67. The zero-order valence-electron chi connectivity index (χ0n) is 12.0. The predicted molar refractivity (Wildman–Crippen MR) is 79.8 cm³/mol. The highest BCUT2D eigenvalue weighted by Gasteiger charge is 2.12. The fourth-order valence-corrected chi connectivity index (χ4v) is 2.89. The molecule has 21 heavy (non-hydrogen) atoms. The Morgan fingerprint density at radius 2 is 2.10 bits per heavy atom. The van der Waals surface area contributed by atoms with Crippen molar-refractivity contribution in [2.24, 2.45) is 0 Å². The van der Waals surface area contributed by atoms with Crippen molar-refractivity contribution in [3.8, 4) is 0 Å². The van der Waals surface area contributed by atoms with Crippen LogP contribution in [0.2, 0.25) is 0 Å². The average Bonchev–Trinajstić information content (AvgIpc) is 2.42. The van der Waals surface area contributed by atoms with E-state index >= 15 is 0 Å². The second kappa shape index (κ2) is 8.76. The topological polar surface area (TPSA) is 92.7 Å². The monoisotopic (exact) mass is 315 g/mol. The fourth-order valence-electron chi connectivity index (χ4n) is 1.71. The van der Waals surface area contributed by atoms with Gasteiger partial charge in [-0.2, -0.15) is 0 Å². The second-order valence-electron chi connectivity index (χ2n) is 4.62. The summed E-state index contributed by atoms with van der Waals surface area (Å²) in [6.45, 7) is 3.51. The van der Waals surface area contributed by atoms with Gasteiger partial charge >= 0.3 is 5.97 Å². The molecule has 1 aromatic carbocycles. The van der Waals surface area contributed by atoms with Gasteiger partial charge in [-0.05, 0) is 30.5 Å². The molecule has 2 N–H and O–H groups in total. The quantitative estimate of drug-likeness (QED) is 0.640. The highest BCUT2D eigenvalue weighted by molar-refractivity contribution is 7.88. The standard InChI is InChI=1S/C14H21NO5S/c1-2-8-20-9-4-7-15-21(18,19)11-12-5-3-6-13(10-12)14(16)17/h3,5-6,10,15H,2,4,7-9,11H2,1H3,(H,16,17). The van der Waals surface area contributed by atoms with Crippen molar-refractivity contribution >= 4 is 16.0 Å². The Kier molecular flexibility index (Phi) is 7.35. The fraction of sp³-hybridized carbons (Fsp3) is 0.500. The highest BCUT2D eigenvalue weighted by Crippen LogP contribution is 2.08. The lowest BCUT2D eigenvalue weighted by Crippen LogP contribution is -2.27. The number of rotatable bonds is 10. The minimum atomic E-state index is -3.47. The lowest BCUT2D eigenvalue weighted by Gasteiger charge is -2.07. The number of sulfonamides is 1. The summed E-state index contributed by atoms with van der Waals surface area (Å²) in [6.07, 6.45) is 1.54. The van der Waals surface area contributed by atoms with Gasteiger partial charge in [0.2, 0.25) is 10.0 Å². The molecule has 0 aliphatic rings. The van der Waals surface area contributed by atoms with Gasteiger partial charge in [-0.3, -0.25) is 0 Å². The number of hydrogen-bond donors (Lipinski definition) is 2. The maximum atomic E-state index is 11.9. The van der Waals surface area contributed by atoms with E-state index in [0.717, 1.165) is 6.42 Å². The van der Waals surface area contributed by atoms with Crippen molar-refractivity contribution < 1.29 is 23.1 Å². The Hall–Kier alpha value is -1.44. The van der Waals surface area contributed by atoms with Crippen LogP contribution in [0.1, 0.15) is 35.7 Å². The normalized spacial score (nSPS) is 11.5. The Morgan fingerprint density at radius 3 is 2.76 bits per heavy atom. The van der Waals surface area contributed by atoms with Crippen molar-refractivity contribution in [1.82, 2.24) is 4.72 Å². The molecular weight excluding hydrogens is 294 g/mol. The summed E-state index contributed by atoms with van der Waals surface area (Å²) in [4.78, 5) is 10.8. The van der Waals surface area contributed by atoms with Gasteiger partial charge in [0.25, 0.3) is 0 Å². The largest absolute Gasteiger partial charge is 0.478 e. The molecular formula is C14H21NO5S. The SMILES string of the molecule is CCCOCCCNS(=O)(=O)Cc1cccc(C(=O)O)c1. The molecule has 0 saturated carbocycles. The van der Waals surface area contributed by atoms with Crippen LogP contribution in [0.5, 0.6) is 0 Å². The number of ether oxygens (including phenoxy) is 1. The summed E-state index contributed by atoms with van der Waals surface area (Å²) in [5.74, 6) is -1.31. The van der Waals surface area contributed by atoms with Crippen LogP contribution in [0.25, 0.3) is 0 Å². The number of carboxylic acid groups (broad SMARTS) is 1. The van der Waals surface area contributed by atoms with Gasteiger partial charge in [0, 0.05) is 19.8 Å². The molecule has 6 nitrogen and oxygen atoms in total. The van der Waals surface area contributed by atoms with E-state index in [1.54, 1.807) is 6.07 Å². The smallest absolute Gasteiger partial charge is 0.335 e. The molecule has 0 amide bonds. The summed E-state index contributed by atoms with van der Waals surface area (Å²) < 4.78 is 31.5. The molecule has 0 unspecified atom stereocenters. The van der Waals surface area contributed by atoms with Gasteiger partial charge in [0.15, 0.2) is 0 Å². The van der Waals surface area contributed by atoms with Crippen molar-refractivity contribution in [2.45, 2.75) is 25.5 Å². The van der Waals surface area contributed by atoms with Gasteiger partial charge in [0.05, 0.1) is 11.3 Å². The summed E-state index contributed by atoms with van der Waals surface area (Å²) >= 11 is 0. The molecule has 7 heteroatoms. The number of benzene rings is 1. The number of aromatic carboxylic acids is 1. The van der Waals surface area contributed by atoms with Crippen LogP contribution < -0.4 is 4.72 Å². The molecule has 0 radical (unpaired) electrons. The molecule has 0 aliphatic heterocycles. The number of nitrogens with one attached hydrogen (secondary N) is 1. The van der Waals surface area contributed by atoms with E-state index < -0.39 is 16.0 Å². The number of carboxylic acids is 1. The van der Waals surface area contributed by atoms with Gasteiger partial charge in [-0.1, -0.05) is 19.1 Å². The lowest BCUT2D eigenvalue weighted by atomic mass is 10.1. The first kappa shape index (κ1) is 17.6. The number of hydrogen-bond acceptors (Lipinski definition) is 4. The number of carbonyl (C=O) groups is 1. The molecule has 0 atom stereocenters. The first-order valence-corrected chi connectivity index (χ1v) is 8.47. The van der Waals surface area contributed by atoms with Crippen molar-refractivity contribution in [2.75, 3.05) is 19.8 Å². The second-order valence-corrected chi connectivity index (χ2v) is 6.43. The first-order valence-electron chi connectivity index (χ1n) is 6.82. The van der Waals surface area contributed by atoms with Crippen LogP contribution in [-0.2, 0) is 20.5 Å². The molecule has 0 fully saturated rings. The van der Waals surface area contributed by atoms with E-state index in [9.17, 15) is 13.2 Å². The summed E-state index contributed by atoms with van der Waals surface area (Å²) in [7, 11) is -3.47. The molecule has 1 rings (SSSR count). The van der Waals surface area contributed by atoms with Crippen LogP contribution in [0.4, 0.5) is 0 Å². The van der Waals surface area contributed by atoms with E-state index in [1.165, 1.54) is 18.2 Å². The van der Waals surface area contributed by atoms with Crippen molar-refractivity contribution in [3.05, 3.63) is 35.4 Å². The molecule has 1 aromatic rings. The van der Waals surface area contributed by atoms with Crippen LogP contribution in [0.3, 0.4) is 0 Å².